The number of pyridine rings is 1. The van der Waals surface area contributed by atoms with E-state index in [4.69, 9.17) is 9.26 Å². The van der Waals surface area contributed by atoms with Crippen molar-refractivity contribution in [3.05, 3.63) is 23.0 Å². The highest BCUT2D eigenvalue weighted by Crippen LogP contribution is 2.40. The van der Waals surface area contributed by atoms with E-state index in [1.807, 2.05) is 6.07 Å². The van der Waals surface area contributed by atoms with Gasteiger partial charge in [-0.3, -0.25) is 4.79 Å². The van der Waals surface area contributed by atoms with Gasteiger partial charge in [0.1, 0.15) is 0 Å². The number of nitrogens with zero attached hydrogens (tertiary/aromatic N) is 2. The van der Waals surface area contributed by atoms with E-state index in [-0.39, 0.29) is 23.7 Å². The second kappa shape index (κ2) is 9.67. The molecule has 8 heteroatoms. The summed E-state index contributed by atoms with van der Waals surface area (Å²) in [7, 11) is 1.67. The number of fused-ring (bicyclic) bond motifs is 1. The average molecular weight is 411 g/mol. The fourth-order valence-corrected chi connectivity index (χ4v) is 3.08. The van der Waals surface area contributed by atoms with Crippen molar-refractivity contribution >= 4 is 29.4 Å². The fraction of sp³-hybridized carbons (Fsp3) is 0.650. The molecule has 0 radical (unpaired) electrons. The first-order chi connectivity index (χ1) is 12.9. The Balaban J connectivity index is 0.00000280. The Labute approximate surface area is 172 Å². The maximum atomic E-state index is 12.9. The van der Waals surface area contributed by atoms with E-state index < -0.39 is 0 Å². The van der Waals surface area contributed by atoms with Crippen molar-refractivity contribution in [2.75, 3.05) is 33.4 Å². The first-order valence-electron chi connectivity index (χ1n) is 9.66. The number of halogens is 1. The monoisotopic (exact) mass is 410 g/mol. The van der Waals surface area contributed by atoms with E-state index in [1.165, 1.54) is 0 Å². The van der Waals surface area contributed by atoms with Crippen LogP contribution in [0.15, 0.2) is 10.6 Å². The average Bonchev–Trinajstić information content (AvgIpc) is 3.39. The minimum absolute atomic E-state index is 0. The zero-order valence-electron chi connectivity index (χ0n) is 17.1. The summed E-state index contributed by atoms with van der Waals surface area (Å²) < 4.78 is 10.5. The lowest BCUT2D eigenvalue weighted by molar-refractivity contribution is 0.0955. The highest BCUT2D eigenvalue weighted by Gasteiger charge is 2.29. The Morgan fingerprint density at radius 1 is 1.29 bits per heavy atom. The van der Waals surface area contributed by atoms with E-state index in [0.717, 1.165) is 42.6 Å². The minimum atomic E-state index is -0.101. The molecule has 0 bridgehead atoms. The van der Waals surface area contributed by atoms with Gasteiger partial charge < -0.3 is 19.9 Å². The van der Waals surface area contributed by atoms with Crippen LogP contribution >= 0.6 is 12.4 Å². The predicted octanol–water partition coefficient (Wildman–Crippen LogP) is 3.08. The third kappa shape index (κ3) is 5.90. The molecule has 2 heterocycles. The fourth-order valence-electron chi connectivity index (χ4n) is 3.08. The molecular formula is C20H31ClN4O3. The molecule has 0 aromatic carbocycles. The van der Waals surface area contributed by atoms with Gasteiger partial charge in [0.25, 0.3) is 11.6 Å². The SMILES string of the molecule is COCCNCCNC(=O)c1cc(C2CC2)nc2onc(CC(C)(C)C)c12.Cl. The summed E-state index contributed by atoms with van der Waals surface area (Å²) in [5.41, 5.74) is 2.87. The van der Waals surface area contributed by atoms with Crippen LogP contribution in [0, 0.1) is 5.41 Å². The number of rotatable bonds is 9. The van der Waals surface area contributed by atoms with E-state index in [1.54, 1.807) is 7.11 Å². The Kier molecular flexibility index (Phi) is 7.80. The van der Waals surface area contributed by atoms with E-state index in [9.17, 15) is 4.79 Å². The first-order valence-corrected chi connectivity index (χ1v) is 9.66. The number of hydrogen-bond donors (Lipinski definition) is 2. The van der Waals surface area contributed by atoms with Crippen molar-refractivity contribution < 1.29 is 14.1 Å². The van der Waals surface area contributed by atoms with Gasteiger partial charge in [0, 0.05) is 38.4 Å². The largest absolute Gasteiger partial charge is 0.383 e. The summed E-state index contributed by atoms with van der Waals surface area (Å²) in [6, 6.07) is 1.93. The molecule has 1 fully saturated rings. The summed E-state index contributed by atoms with van der Waals surface area (Å²) in [4.78, 5) is 17.5. The number of ether oxygens (including phenoxy) is 1. The quantitative estimate of drug-likeness (QED) is 0.617. The normalized spacial score (nSPS) is 14.1. The Morgan fingerprint density at radius 2 is 2.04 bits per heavy atom. The van der Waals surface area contributed by atoms with E-state index in [0.29, 0.717) is 36.9 Å². The van der Waals surface area contributed by atoms with Gasteiger partial charge in [-0.1, -0.05) is 25.9 Å². The molecule has 3 rings (SSSR count). The van der Waals surface area contributed by atoms with Crippen molar-refractivity contribution in [1.82, 2.24) is 20.8 Å². The lowest BCUT2D eigenvalue weighted by Gasteiger charge is -2.16. The molecule has 0 spiro atoms. The number of nitrogens with one attached hydrogen (secondary N) is 2. The molecule has 0 aliphatic heterocycles. The van der Waals surface area contributed by atoms with Crippen molar-refractivity contribution in [3.63, 3.8) is 0 Å². The Morgan fingerprint density at radius 3 is 2.68 bits per heavy atom. The number of methoxy groups -OCH3 is 1. The van der Waals surface area contributed by atoms with Gasteiger partial charge in [0.05, 0.1) is 23.3 Å². The summed E-state index contributed by atoms with van der Waals surface area (Å²) in [6.07, 6.45) is 2.96. The van der Waals surface area contributed by atoms with Gasteiger partial charge in [-0.15, -0.1) is 12.4 Å². The van der Waals surface area contributed by atoms with Gasteiger partial charge in [-0.25, -0.2) is 4.98 Å². The second-order valence-corrected chi connectivity index (χ2v) is 8.41. The molecule has 0 saturated heterocycles. The number of hydrogen-bond acceptors (Lipinski definition) is 6. The second-order valence-electron chi connectivity index (χ2n) is 8.41. The molecule has 1 aliphatic carbocycles. The third-order valence-corrected chi connectivity index (χ3v) is 4.55. The molecule has 7 nitrogen and oxygen atoms in total. The van der Waals surface area contributed by atoms with Crippen LogP contribution in [0.5, 0.6) is 0 Å². The third-order valence-electron chi connectivity index (χ3n) is 4.55. The Hall–Kier alpha value is -1.70. The zero-order chi connectivity index (χ0) is 19.4. The van der Waals surface area contributed by atoms with Gasteiger partial charge in [-0.05, 0) is 30.7 Å². The van der Waals surface area contributed by atoms with Crippen LogP contribution in [0.4, 0.5) is 0 Å². The van der Waals surface area contributed by atoms with Crippen molar-refractivity contribution in [2.45, 2.75) is 46.0 Å². The molecule has 2 aromatic heterocycles. The lowest BCUT2D eigenvalue weighted by atomic mass is 9.89. The van der Waals surface area contributed by atoms with E-state index in [2.05, 4.69) is 41.5 Å². The molecular weight excluding hydrogens is 380 g/mol. The predicted molar refractivity (Wildman–Crippen MR) is 111 cm³/mol. The lowest BCUT2D eigenvalue weighted by Crippen LogP contribution is -2.33. The van der Waals surface area contributed by atoms with Gasteiger partial charge in [0.15, 0.2) is 0 Å². The zero-order valence-corrected chi connectivity index (χ0v) is 17.9. The summed E-state index contributed by atoms with van der Waals surface area (Å²) >= 11 is 0. The van der Waals surface area contributed by atoms with Crippen molar-refractivity contribution in [3.8, 4) is 0 Å². The minimum Gasteiger partial charge on any atom is -0.383 e. The van der Waals surface area contributed by atoms with Crippen LogP contribution in [0.25, 0.3) is 11.1 Å². The molecule has 0 atom stereocenters. The van der Waals surface area contributed by atoms with Crippen LogP contribution in [0.2, 0.25) is 0 Å². The standard InChI is InChI=1S/C20H30N4O3.ClH/c1-20(2,3)12-16-17-14(18(25)22-8-7-21-9-10-26-4)11-15(13-5-6-13)23-19(17)27-24-16;/h11,13,21H,5-10,12H2,1-4H3,(H,22,25);1H. The molecule has 2 N–H and O–H groups in total. The smallest absolute Gasteiger partial charge is 0.259 e. The van der Waals surface area contributed by atoms with Crippen molar-refractivity contribution in [1.29, 1.82) is 0 Å². The number of carbonyl (C=O) groups excluding carboxylic acids is 1. The molecule has 1 saturated carbocycles. The molecule has 2 aromatic rings. The number of aromatic nitrogens is 2. The van der Waals surface area contributed by atoms with Crippen molar-refractivity contribution in [2.24, 2.45) is 5.41 Å². The molecule has 1 aliphatic rings. The first kappa shape index (κ1) is 22.6. The summed E-state index contributed by atoms with van der Waals surface area (Å²) in [5.74, 6) is 0.337. The van der Waals surface area contributed by atoms with Crippen LogP contribution in [-0.4, -0.2) is 49.4 Å². The van der Waals surface area contributed by atoms with Crippen LogP contribution in [0.3, 0.4) is 0 Å². The van der Waals surface area contributed by atoms with Gasteiger partial charge in [0.2, 0.25) is 0 Å². The maximum absolute atomic E-state index is 12.9. The summed E-state index contributed by atoms with van der Waals surface area (Å²) in [6.45, 7) is 9.09. The highest BCUT2D eigenvalue weighted by atomic mass is 35.5. The Bertz CT molecular complexity index is 797. The topological polar surface area (TPSA) is 89.3 Å². The van der Waals surface area contributed by atoms with E-state index >= 15 is 0 Å². The molecule has 1 amide bonds. The molecule has 156 valence electrons. The molecule has 0 unspecified atom stereocenters. The number of amides is 1. The van der Waals surface area contributed by atoms with Crippen LogP contribution in [0.1, 0.15) is 61.3 Å². The van der Waals surface area contributed by atoms with Crippen LogP contribution in [-0.2, 0) is 11.2 Å². The molecule has 28 heavy (non-hydrogen) atoms. The number of carbonyl (C=O) groups is 1. The summed E-state index contributed by atoms with van der Waals surface area (Å²) in [5, 5.41) is 11.2. The maximum Gasteiger partial charge on any atom is 0.259 e. The van der Waals surface area contributed by atoms with Gasteiger partial charge in [-0.2, -0.15) is 0 Å². The van der Waals surface area contributed by atoms with Gasteiger partial charge >= 0.3 is 0 Å². The highest BCUT2D eigenvalue weighted by molar-refractivity contribution is 6.06. The van der Waals surface area contributed by atoms with Crippen LogP contribution < -0.4 is 10.6 Å².